The second-order valence-electron chi connectivity index (χ2n) is 2.57. The smallest absolute Gasteiger partial charge is 0.211 e. The molecule has 0 saturated heterocycles. The molecule has 13 heavy (non-hydrogen) atoms. The molecule has 0 aliphatic carbocycles. The van der Waals surface area contributed by atoms with Gasteiger partial charge in [-0.05, 0) is 30.4 Å². The van der Waals surface area contributed by atoms with Crippen molar-refractivity contribution >= 4 is 17.8 Å². The van der Waals surface area contributed by atoms with Crippen LogP contribution in [-0.2, 0) is 11.2 Å². The lowest BCUT2D eigenvalue weighted by atomic mass is 10.2. The van der Waals surface area contributed by atoms with E-state index in [-0.39, 0.29) is 0 Å². The van der Waals surface area contributed by atoms with E-state index in [2.05, 4.69) is 29.3 Å². The van der Waals surface area contributed by atoms with Gasteiger partial charge in [-0.3, -0.25) is 0 Å². The SMILES string of the molecule is CSc1ccc(CCN=C=O)cc1. The van der Waals surface area contributed by atoms with Crippen molar-refractivity contribution in [2.75, 3.05) is 12.8 Å². The lowest BCUT2D eigenvalue weighted by Crippen LogP contribution is -1.88. The zero-order chi connectivity index (χ0) is 9.52. The van der Waals surface area contributed by atoms with Gasteiger partial charge in [0.25, 0.3) is 0 Å². The zero-order valence-corrected chi connectivity index (χ0v) is 8.30. The number of hydrogen-bond donors (Lipinski definition) is 0. The van der Waals surface area contributed by atoms with Gasteiger partial charge in [0.15, 0.2) is 0 Å². The zero-order valence-electron chi connectivity index (χ0n) is 7.49. The Labute approximate surface area is 82.1 Å². The lowest BCUT2D eigenvalue weighted by molar-refractivity contribution is 0.563. The summed E-state index contributed by atoms with van der Waals surface area (Å²) in [5.41, 5.74) is 1.21. The molecule has 0 saturated carbocycles. The van der Waals surface area contributed by atoms with Gasteiger partial charge in [0.2, 0.25) is 6.08 Å². The van der Waals surface area contributed by atoms with Crippen LogP contribution in [-0.4, -0.2) is 18.9 Å². The maximum absolute atomic E-state index is 9.80. The average molecular weight is 193 g/mol. The Bertz CT molecular complexity index is 301. The molecule has 0 fully saturated rings. The second-order valence-corrected chi connectivity index (χ2v) is 3.45. The molecule has 1 aromatic carbocycles. The van der Waals surface area contributed by atoms with Gasteiger partial charge in [0.1, 0.15) is 0 Å². The van der Waals surface area contributed by atoms with Crippen molar-refractivity contribution in [1.29, 1.82) is 0 Å². The van der Waals surface area contributed by atoms with Crippen molar-refractivity contribution in [1.82, 2.24) is 0 Å². The first-order valence-electron chi connectivity index (χ1n) is 4.03. The molecule has 0 bridgehead atoms. The van der Waals surface area contributed by atoms with Crippen LogP contribution in [0.1, 0.15) is 5.56 Å². The predicted octanol–water partition coefficient (Wildman–Crippen LogP) is 2.29. The highest BCUT2D eigenvalue weighted by molar-refractivity contribution is 7.98. The van der Waals surface area contributed by atoms with Gasteiger partial charge in [0.05, 0.1) is 6.54 Å². The number of thioether (sulfide) groups is 1. The summed E-state index contributed by atoms with van der Waals surface area (Å²) in [4.78, 5) is 14.6. The molecule has 0 heterocycles. The van der Waals surface area contributed by atoms with Crippen LogP contribution in [0.3, 0.4) is 0 Å². The van der Waals surface area contributed by atoms with E-state index in [1.54, 1.807) is 11.8 Å². The monoisotopic (exact) mass is 193 g/mol. The van der Waals surface area contributed by atoms with Crippen molar-refractivity contribution in [3.8, 4) is 0 Å². The van der Waals surface area contributed by atoms with Crippen LogP contribution in [0.5, 0.6) is 0 Å². The summed E-state index contributed by atoms with van der Waals surface area (Å²) in [6.07, 6.45) is 4.39. The molecule has 1 rings (SSSR count). The summed E-state index contributed by atoms with van der Waals surface area (Å²) in [6.45, 7) is 0.530. The Balaban J connectivity index is 2.53. The summed E-state index contributed by atoms with van der Waals surface area (Å²) in [7, 11) is 0. The van der Waals surface area contributed by atoms with Crippen LogP contribution in [0.25, 0.3) is 0 Å². The van der Waals surface area contributed by atoms with Crippen LogP contribution in [0.15, 0.2) is 34.2 Å². The summed E-state index contributed by atoms with van der Waals surface area (Å²) >= 11 is 1.72. The number of rotatable bonds is 4. The molecule has 0 unspecified atom stereocenters. The molecule has 0 aromatic heterocycles. The average Bonchev–Trinajstić information content (AvgIpc) is 2.19. The first-order chi connectivity index (χ1) is 6.36. The van der Waals surface area contributed by atoms with Gasteiger partial charge >= 0.3 is 0 Å². The highest BCUT2D eigenvalue weighted by atomic mass is 32.2. The molecule has 0 spiro atoms. The van der Waals surface area contributed by atoms with E-state index in [0.717, 1.165) is 6.42 Å². The molecule has 0 amide bonds. The normalized spacial score (nSPS) is 9.31. The fourth-order valence-corrected chi connectivity index (χ4v) is 1.43. The number of hydrogen-bond acceptors (Lipinski definition) is 3. The van der Waals surface area contributed by atoms with Crippen LogP contribution in [0.4, 0.5) is 0 Å². The topological polar surface area (TPSA) is 29.4 Å². The first-order valence-corrected chi connectivity index (χ1v) is 5.26. The molecular weight excluding hydrogens is 182 g/mol. The third kappa shape index (κ3) is 3.45. The Morgan fingerprint density at radius 3 is 2.62 bits per heavy atom. The van der Waals surface area contributed by atoms with E-state index < -0.39 is 0 Å². The highest BCUT2D eigenvalue weighted by Crippen LogP contribution is 2.14. The Kier molecular flexibility index (Phi) is 4.30. The summed E-state index contributed by atoms with van der Waals surface area (Å²) in [5, 5.41) is 0. The number of carbonyl (C=O) groups excluding carboxylic acids is 1. The van der Waals surface area contributed by atoms with Crippen molar-refractivity contribution in [2.45, 2.75) is 11.3 Å². The fraction of sp³-hybridized carbons (Fsp3) is 0.300. The van der Waals surface area contributed by atoms with E-state index in [0.29, 0.717) is 6.54 Å². The largest absolute Gasteiger partial charge is 0.234 e. The van der Waals surface area contributed by atoms with Gasteiger partial charge in [-0.25, -0.2) is 9.79 Å². The fourth-order valence-electron chi connectivity index (χ4n) is 1.02. The van der Waals surface area contributed by atoms with Crippen LogP contribution >= 0.6 is 11.8 Å². The minimum atomic E-state index is 0.530. The summed E-state index contributed by atoms with van der Waals surface area (Å²) < 4.78 is 0. The van der Waals surface area contributed by atoms with Crippen LogP contribution in [0, 0.1) is 0 Å². The van der Waals surface area contributed by atoms with Crippen molar-refractivity contribution in [3.63, 3.8) is 0 Å². The third-order valence-corrected chi connectivity index (χ3v) is 2.48. The van der Waals surface area contributed by atoms with E-state index >= 15 is 0 Å². The predicted molar refractivity (Wildman–Crippen MR) is 54.9 cm³/mol. The number of benzene rings is 1. The standard InChI is InChI=1S/C10H11NOS/c1-13-10-4-2-9(3-5-10)6-7-11-8-12/h2-5H,6-7H2,1H3. The van der Waals surface area contributed by atoms with E-state index in [1.165, 1.54) is 16.5 Å². The first kappa shape index (κ1) is 10.0. The molecular formula is C10H11NOS. The van der Waals surface area contributed by atoms with E-state index in [9.17, 15) is 4.79 Å². The van der Waals surface area contributed by atoms with E-state index in [4.69, 9.17) is 0 Å². The van der Waals surface area contributed by atoms with Crippen LogP contribution < -0.4 is 0 Å². The van der Waals surface area contributed by atoms with Crippen LogP contribution in [0.2, 0.25) is 0 Å². The Hall–Kier alpha value is -1.05. The minimum absolute atomic E-state index is 0.530. The van der Waals surface area contributed by atoms with E-state index in [1.807, 2.05) is 6.26 Å². The molecule has 0 radical (unpaired) electrons. The lowest BCUT2D eigenvalue weighted by Gasteiger charge is -1.99. The molecule has 0 N–H and O–H groups in total. The Morgan fingerprint density at radius 2 is 2.08 bits per heavy atom. The quantitative estimate of drug-likeness (QED) is 0.417. The molecule has 2 nitrogen and oxygen atoms in total. The number of nitrogens with zero attached hydrogens (tertiary/aromatic N) is 1. The molecule has 0 atom stereocenters. The van der Waals surface area contributed by atoms with Gasteiger partial charge in [-0.15, -0.1) is 11.8 Å². The molecule has 68 valence electrons. The Morgan fingerprint density at radius 1 is 1.38 bits per heavy atom. The molecule has 3 heteroatoms. The van der Waals surface area contributed by atoms with Gasteiger partial charge in [-0.2, -0.15) is 0 Å². The van der Waals surface area contributed by atoms with Crippen molar-refractivity contribution in [3.05, 3.63) is 29.8 Å². The van der Waals surface area contributed by atoms with Crippen molar-refractivity contribution < 1.29 is 4.79 Å². The third-order valence-electron chi connectivity index (χ3n) is 1.74. The molecule has 0 aliphatic rings. The second kappa shape index (κ2) is 5.57. The maximum atomic E-state index is 9.80. The van der Waals surface area contributed by atoms with Crippen molar-refractivity contribution in [2.24, 2.45) is 4.99 Å². The minimum Gasteiger partial charge on any atom is -0.211 e. The van der Waals surface area contributed by atoms with Gasteiger partial charge in [0, 0.05) is 4.90 Å². The summed E-state index contributed by atoms with van der Waals surface area (Å²) in [5.74, 6) is 0. The number of isocyanates is 1. The highest BCUT2D eigenvalue weighted by Gasteiger charge is 1.92. The maximum Gasteiger partial charge on any atom is 0.234 e. The van der Waals surface area contributed by atoms with Gasteiger partial charge < -0.3 is 0 Å². The number of aliphatic imine (C=N–C) groups is 1. The van der Waals surface area contributed by atoms with Gasteiger partial charge in [-0.1, -0.05) is 12.1 Å². The molecule has 0 aliphatic heterocycles. The molecule has 1 aromatic rings. The summed E-state index contributed by atoms with van der Waals surface area (Å²) in [6, 6.07) is 8.27.